The molecule has 6 nitrogen and oxygen atoms in total. The van der Waals surface area contributed by atoms with E-state index in [1.165, 1.54) is 0 Å². The molecule has 0 aliphatic heterocycles. The van der Waals surface area contributed by atoms with Gasteiger partial charge in [-0.05, 0) is 71.3 Å². The van der Waals surface area contributed by atoms with E-state index >= 15 is 0 Å². The van der Waals surface area contributed by atoms with Crippen molar-refractivity contribution >= 4 is 17.8 Å². The minimum atomic E-state index is -2.12. The molecule has 190 valence electrons. The van der Waals surface area contributed by atoms with Crippen LogP contribution in [0.2, 0.25) is 0 Å². The molecule has 5 aliphatic rings. The minimum Gasteiger partial charge on any atom is -0.451 e. The Morgan fingerprint density at radius 1 is 1.25 bits per heavy atom. The lowest BCUT2D eigenvalue weighted by atomic mass is 9.59. The van der Waals surface area contributed by atoms with Gasteiger partial charge >= 0.3 is 5.97 Å². The Labute approximate surface area is 211 Å². The van der Waals surface area contributed by atoms with E-state index in [1.807, 2.05) is 25.1 Å². The quantitative estimate of drug-likeness (QED) is 0.444. The standard InChI is InChI=1S/C30H34O6/c1-15-13-29-16(2)11-22-23(28(22,3)4)21(25(29)33)12-18(14-31)24(32)30(29,35)26(15)36-27(34)20-10-6-8-17-7-5-9-19(17)20/h5-8,10,12-13,16,21-24,26,31-32,35H,9,11,14H2,1-4H3/t16-,21+,22-,23+,24-,26+,29+,30+/m1/s1. The number of hydrogen-bond donors (Lipinski definition) is 3. The molecule has 2 saturated carbocycles. The second kappa shape index (κ2) is 7.50. The molecule has 5 aliphatic carbocycles. The molecule has 8 atom stereocenters. The molecule has 3 N–H and O–H groups in total. The van der Waals surface area contributed by atoms with Gasteiger partial charge in [-0.2, -0.15) is 0 Å². The molecule has 36 heavy (non-hydrogen) atoms. The molecule has 0 unspecified atom stereocenters. The lowest BCUT2D eigenvalue weighted by Gasteiger charge is -2.48. The first-order valence-corrected chi connectivity index (χ1v) is 12.9. The maximum Gasteiger partial charge on any atom is 0.339 e. The van der Waals surface area contributed by atoms with Crippen molar-refractivity contribution in [3.63, 3.8) is 0 Å². The molecule has 0 radical (unpaired) electrons. The van der Waals surface area contributed by atoms with Gasteiger partial charge in [-0.3, -0.25) is 4.79 Å². The molecule has 0 aromatic heterocycles. The van der Waals surface area contributed by atoms with Gasteiger partial charge < -0.3 is 20.1 Å². The molecule has 0 amide bonds. The number of Topliss-reactive ketones (excluding diaryl/α,β-unsaturated/α-hetero) is 1. The van der Waals surface area contributed by atoms with Crippen LogP contribution in [-0.2, 0) is 16.0 Å². The first kappa shape index (κ1) is 23.8. The van der Waals surface area contributed by atoms with Crippen molar-refractivity contribution in [2.75, 3.05) is 6.61 Å². The zero-order valence-electron chi connectivity index (χ0n) is 21.2. The highest BCUT2D eigenvalue weighted by atomic mass is 16.6. The fourth-order valence-electron chi connectivity index (χ4n) is 8.25. The molecular formula is C30H34O6. The maximum absolute atomic E-state index is 14.4. The summed E-state index contributed by atoms with van der Waals surface area (Å²) in [5.74, 6) is -1.19. The fourth-order valence-corrected chi connectivity index (χ4v) is 8.25. The van der Waals surface area contributed by atoms with Crippen LogP contribution < -0.4 is 0 Å². The van der Waals surface area contributed by atoms with Crippen molar-refractivity contribution in [2.45, 2.75) is 58.3 Å². The highest BCUT2D eigenvalue weighted by molar-refractivity contribution is 5.96. The zero-order valence-corrected chi connectivity index (χ0v) is 21.2. The van der Waals surface area contributed by atoms with Crippen LogP contribution in [-0.4, -0.2) is 51.5 Å². The van der Waals surface area contributed by atoms with Gasteiger partial charge in [0.2, 0.25) is 0 Å². The van der Waals surface area contributed by atoms with E-state index in [4.69, 9.17) is 4.74 Å². The predicted molar refractivity (Wildman–Crippen MR) is 134 cm³/mol. The van der Waals surface area contributed by atoms with Gasteiger partial charge in [0.1, 0.15) is 6.10 Å². The number of rotatable bonds is 3. The molecule has 0 heterocycles. The minimum absolute atomic E-state index is 0.0361. The van der Waals surface area contributed by atoms with Gasteiger partial charge in [-0.25, -0.2) is 4.79 Å². The van der Waals surface area contributed by atoms with Crippen LogP contribution >= 0.6 is 0 Å². The van der Waals surface area contributed by atoms with Crippen molar-refractivity contribution in [1.82, 2.24) is 0 Å². The molecular weight excluding hydrogens is 456 g/mol. The SMILES string of the molecule is CC1=C[C@]23C(=O)[C@@H](C=C(CO)[C@@H](O)[C@]2(O)[C@H]1OC(=O)c1cccc2c1CC=C2)[C@H]1[C@@H](C[C@H]3C)C1(C)C. The van der Waals surface area contributed by atoms with Gasteiger partial charge in [0.15, 0.2) is 17.5 Å². The van der Waals surface area contributed by atoms with E-state index in [-0.39, 0.29) is 28.6 Å². The summed E-state index contributed by atoms with van der Waals surface area (Å²) in [6.07, 6.45) is 5.94. The fraction of sp³-hybridized carbons (Fsp3) is 0.533. The second-order valence-electron chi connectivity index (χ2n) is 12.1. The van der Waals surface area contributed by atoms with Crippen molar-refractivity contribution < 1.29 is 29.6 Å². The highest BCUT2D eigenvalue weighted by Crippen LogP contribution is 2.71. The van der Waals surface area contributed by atoms with Crippen LogP contribution in [0.1, 0.15) is 55.6 Å². The summed E-state index contributed by atoms with van der Waals surface area (Å²) in [7, 11) is 0. The summed E-state index contributed by atoms with van der Waals surface area (Å²) in [6.45, 7) is 7.53. The lowest BCUT2D eigenvalue weighted by Crippen LogP contribution is -2.65. The Morgan fingerprint density at radius 3 is 2.72 bits per heavy atom. The number of fused-ring (bicyclic) bond motifs is 4. The summed E-state index contributed by atoms with van der Waals surface area (Å²) < 4.78 is 6.02. The van der Waals surface area contributed by atoms with Gasteiger partial charge in [0, 0.05) is 5.92 Å². The van der Waals surface area contributed by atoms with Crippen LogP contribution in [0.4, 0.5) is 0 Å². The third-order valence-electron chi connectivity index (χ3n) is 10.2. The van der Waals surface area contributed by atoms with Crippen LogP contribution in [0.3, 0.4) is 0 Å². The Kier molecular flexibility index (Phi) is 4.96. The Hall–Kier alpha value is -2.54. The number of carbonyl (C=O) groups excluding carboxylic acids is 2. The van der Waals surface area contributed by atoms with Gasteiger partial charge in [-0.1, -0.05) is 57.2 Å². The number of ether oxygens (including phenoxy) is 1. The molecule has 1 aromatic rings. The normalized spacial score (nSPS) is 41.4. The summed E-state index contributed by atoms with van der Waals surface area (Å²) in [6, 6.07) is 5.43. The van der Waals surface area contributed by atoms with E-state index in [1.54, 1.807) is 31.2 Å². The maximum atomic E-state index is 14.4. The Bertz CT molecular complexity index is 1270. The van der Waals surface area contributed by atoms with Crippen LogP contribution in [0.25, 0.3) is 6.08 Å². The number of hydrogen-bond acceptors (Lipinski definition) is 6. The molecule has 1 aromatic carbocycles. The first-order valence-electron chi connectivity index (χ1n) is 12.9. The highest BCUT2D eigenvalue weighted by Gasteiger charge is 2.76. The molecule has 6 heteroatoms. The Balaban J connectivity index is 1.46. The number of esters is 1. The summed E-state index contributed by atoms with van der Waals surface area (Å²) in [5, 5.41) is 34.4. The number of aliphatic hydroxyl groups excluding tert-OH is 2. The van der Waals surface area contributed by atoms with E-state index < -0.39 is 41.7 Å². The number of ketones is 1. The van der Waals surface area contributed by atoms with E-state index in [0.717, 1.165) is 17.5 Å². The molecule has 1 spiro atoms. The van der Waals surface area contributed by atoms with Crippen molar-refractivity contribution in [1.29, 1.82) is 0 Å². The smallest absolute Gasteiger partial charge is 0.339 e. The average molecular weight is 491 g/mol. The zero-order chi connectivity index (χ0) is 25.8. The second-order valence-corrected chi connectivity index (χ2v) is 12.1. The van der Waals surface area contributed by atoms with E-state index in [2.05, 4.69) is 13.8 Å². The Morgan fingerprint density at radius 2 is 2.00 bits per heavy atom. The van der Waals surface area contributed by atoms with Crippen LogP contribution in [0.5, 0.6) is 0 Å². The molecule has 2 fully saturated rings. The molecule has 6 rings (SSSR count). The van der Waals surface area contributed by atoms with Crippen molar-refractivity contribution in [3.8, 4) is 0 Å². The topological polar surface area (TPSA) is 104 Å². The summed E-state index contributed by atoms with van der Waals surface area (Å²) >= 11 is 0. The number of aliphatic hydroxyl groups is 3. The molecule has 2 bridgehead atoms. The van der Waals surface area contributed by atoms with Crippen molar-refractivity contribution in [2.24, 2.45) is 34.5 Å². The van der Waals surface area contributed by atoms with Gasteiger partial charge in [-0.15, -0.1) is 0 Å². The number of carbonyl (C=O) groups is 2. The predicted octanol–water partition coefficient (Wildman–Crippen LogP) is 3.25. The number of benzene rings is 1. The number of allylic oxidation sites excluding steroid dienone is 2. The summed E-state index contributed by atoms with van der Waals surface area (Å²) in [5.41, 5.74) is -0.598. The van der Waals surface area contributed by atoms with Gasteiger partial charge in [0.05, 0.1) is 17.6 Å². The van der Waals surface area contributed by atoms with E-state index in [9.17, 15) is 24.9 Å². The van der Waals surface area contributed by atoms with Crippen molar-refractivity contribution in [3.05, 3.63) is 64.3 Å². The lowest BCUT2D eigenvalue weighted by molar-refractivity contribution is -0.190. The third kappa shape index (κ3) is 2.73. The summed E-state index contributed by atoms with van der Waals surface area (Å²) in [4.78, 5) is 27.9. The monoisotopic (exact) mass is 490 g/mol. The molecule has 0 saturated heterocycles. The first-order chi connectivity index (χ1) is 17.0. The third-order valence-corrected chi connectivity index (χ3v) is 10.2. The van der Waals surface area contributed by atoms with E-state index in [0.29, 0.717) is 23.5 Å². The largest absolute Gasteiger partial charge is 0.451 e. The van der Waals surface area contributed by atoms with Crippen LogP contribution in [0.15, 0.2) is 47.6 Å². The average Bonchev–Trinajstić information content (AvgIpc) is 3.15. The van der Waals surface area contributed by atoms with Gasteiger partial charge in [0.25, 0.3) is 0 Å². The van der Waals surface area contributed by atoms with Crippen LogP contribution in [0, 0.1) is 34.5 Å².